The molecule has 2 N–H and O–H groups in total. The first-order valence-corrected chi connectivity index (χ1v) is 5.44. The van der Waals surface area contributed by atoms with Crippen LogP contribution < -0.4 is 5.32 Å². The van der Waals surface area contributed by atoms with E-state index in [1.54, 1.807) is 18.3 Å². The minimum absolute atomic E-state index is 0.00770. The number of halogens is 1. The number of rotatable bonds is 4. The number of nitrogens with zero attached hydrogens (tertiary/aromatic N) is 3. The Hall–Kier alpha value is -2.21. The zero-order valence-electron chi connectivity index (χ0n) is 9.17. The monoisotopic (exact) mass is 264 g/mol. The van der Waals surface area contributed by atoms with Crippen molar-refractivity contribution in [2.75, 3.05) is 5.32 Å². The first-order valence-electron chi connectivity index (χ1n) is 5.06. The van der Waals surface area contributed by atoms with Crippen LogP contribution in [0.5, 0.6) is 0 Å². The van der Waals surface area contributed by atoms with Crippen LogP contribution in [0.1, 0.15) is 16.1 Å². The van der Waals surface area contributed by atoms with Crippen molar-refractivity contribution >= 4 is 23.4 Å². The summed E-state index contributed by atoms with van der Waals surface area (Å²) < 4.78 is 0. The summed E-state index contributed by atoms with van der Waals surface area (Å²) in [7, 11) is 0. The van der Waals surface area contributed by atoms with E-state index in [0.717, 1.165) is 0 Å². The molecule has 0 aromatic carbocycles. The highest BCUT2D eigenvalue weighted by molar-refractivity contribution is 6.35. The lowest BCUT2D eigenvalue weighted by Gasteiger charge is -2.07. The fraction of sp³-hybridized carbons (Fsp3) is 0.0909. The van der Waals surface area contributed by atoms with Crippen molar-refractivity contribution in [3.8, 4) is 0 Å². The van der Waals surface area contributed by atoms with Gasteiger partial charge in [-0.15, -0.1) is 0 Å². The molecule has 0 saturated carbocycles. The predicted octanol–water partition coefficient (Wildman–Crippen LogP) is 1.84. The van der Waals surface area contributed by atoms with E-state index in [2.05, 4.69) is 20.5 Å². The van der Waals surface area contributed by atoms with Gasteiger partial charge in [0, 0.05) is 12.4 Å². The number of anilines is 1. The van der Waals surface area contributed by atoms with Crippen LogP contribution in [0, 0.1) is 0 Å². The van der Waals surface area contributed by atoms with E-state index in [1.165, 1.54) is 12.3 Å². The maximum Gasteiger partial charge on any atom is 0.337 e. The van der Waals surface area contributed by atoms with Gasteiger partial charge in [-0.3, -0.25) is 0 Å². The van der Waals surface area contributed by atoms with Gasteiger partial charge in [0.25, 0.3) is 0 Å². The number of nitrogens with one attached hydrogen (secondary N) is 1. The van der Waals surface area contributed by atoms with Crippen LogP contribution in [0.2, 0.25) is 5.02 Å². The Kier molecular flexibility index (Phi) is 3.69. The molecule has 2 aromatic rings. The van der Waals surface area contributed by atoms with Crippen molar-refractivity contribution in [2.24, 2.45) is 0 Å². The average Bonchev–Trinajstić information content (AvgIpc) is 2.38. The molecule has 0 spiro atoms. The Morgan fingerprint density at radius 1 is 1.39 bits per heavy atom. The second-order valence-electron chi connectivity index (χ2n) is 3.39. The van der Waals surface area contributed by atoms with Gasteiger partial charge < -0.3 is 10.4 Å². The Bertz CT molecular complexity index is 562. The van der Waals surface area contributed by atoms with Gasteiger partial charge in [0.1, 0.15) is 5.82 Å². The molecular formula is C11H9ClN4O2. The molecule has 0 saturated heterocycles. The maximum atomic E-state index is 10.9. The second kappa shape index (κ2) is 5.42. The van der Waals surface area contributed by atoms with E-state index in [4.69, 9.17) is 16.7 Å². The van der Waals surface area contributed by atoms with Crippen LogP contribution in [-0.4, -0.2) is 26.3 Å². The van der Waals surface area contributed by atoms with Crippen molar-refractivity contribution in [1.29, 1.82) is 0 Å². The Morgan fingerprint density at radius 2 is 2.22 bits per heavy atom. The predicted molar refractivity (Wildman–Crippen MR) is 65.6 cm³/mol. The largest absolute Gasteiger partial charge is 0.478 e. The van der Waals surface area contributed by atoms with Crippen LogP contribution in [0.4, 0.5) is 5.82 Å². The van der Waals surface area contributed by atoms with Crippen molar-refractivity contribution in [3.63, 3.8) is 0 Å². The first-order chi connectivity index (χ1) is 8.68. The van der Waals surface area contributed by atoms with Gasteiger partial charge in [-0.05, 0) is 18.2 Å². The highest BCUT2D eigenvalue weighted by atomic mass is 35.5. The first kappa shape index (κ1) is 12.3. The maximum absolute atomic E-state index is 10.9. The lowest BCUT2D eigenvalue weighted by molar-refractivity contribution is 0.0697. The van der Waals surface area contributed by atoms with Crippen molar-refractivity contribution in [1.82, 2.24) is 15.2 Å². The molecule has 0 aliphatic rings. The van der Waals surface area contributed by atoms with Crippen molar-refractivity contribution < 1.29 is 9.90 Å². The Morgan fingerprint density at radius 3 is 2.89 bits per heavy atom. The van der Waals surface area contributed by atoms with Crippen LogP contribution in [-0.2, 0) is 6.54 Å². The average molecular weight is 265 g/mol. The van der Waals surface area contributed by atoms with Gasteiger partial charge in [-0.25, -0.2) is 9.78 Å². The molecule has 2 heterocycles. The van der Waals surface area contributed by atoms with E-state index >= 15 is 0 Å². The molecule has 7 heteroatoms. The molecule has 0 amide bonds. The molecule has 0 radical (unpaired) electrons. The number of pyridine rings is 1. The fourth-order valence-corrected chi connectivity index (χ4v) is 1.59. The minimum Gasteiger partial charge on any atom is -0.478 e. The Balaban J connectivity index is 2.15. The van der Waals surface area contributed by atoms with Gasteiger partial charge in [0.2, 0.25) is 0 Å². The number of carboxylic acid groups (broad SMARTS) is 1. The topological polar surface area (TPSA) is 88.0 Å². The van der Waals surface area contributed by atoms with Crippen LogP contribution in [0.3, 0.4) is 0 Å². The summed E-state index contributed by atoms with van der Waals surface area (Å²) in [6.07, 6.45) is 2.95. The van der Waals surface area contributed by atoms with Gasteiger partial charge in [0.05, 0.1) is 22.8 Å². The van der Waals surface area contributed by atoms with Gasteiger partial charge >= 0.3 is 5.97 Å². The molecule has 0 fully saturated rings. The van der Waals surface area contributed by atoms with Crippen LogP contribution in [0.25, 0.3) is 0 Å². The van der Waals surface area contributed by atoms with E-state index in [9.17, 15) is 4.79 Å². The van der Waals surface area contributed by atoms with Crippen LogP contribution >= 0.6 is 11.6 Å². The summed E-state index contributed by atoms with van der Waals surface area (Å²) in [5, 5.41) is 19.5. The van der Waals surface area contributed by atoms with Gasteiger partial charge in [-0.2, -0.15) is 10.2 Å². The number of aromatic carboxylic acids is 1. The third-order valence-corrected chi connectivity index (χ3v) is 2.57. The normalized spacial score (nSPS) is 10.1. The van der Waals surface area contributed by atoms with E-state index < -0.39 is 5.97 Å². The quantitative estimate of drug-likeness (QED) is 0.876. The molecule has 2 aromatic heterocycles. The summed E-state index contributed by atoms with van der Waals surface area (Å²) in [4.78, 5) is 14.9. The van der Waals surface area contributed by atoms with Crippen molar-refractivity contribution in [2.45, 2.75) is 6.54 Å². The summed E-state index contributed by atoms with van der Waals surface area (Å²) >= 11 is 5.93. The summed E-state index contributed by atoms with van der Waals surface area (Å²) in [6, 6.07) is 4.89. The number of hydrogen-bond acceptors (Lipinski definition) is 5. The summed E-state index contributed by atoms with van der Waals surface area (Å²) in [6.45, 7) is 0.365. The summed E-state index contributed by atoms with van der Waals surface area (Å²) in [5.74, 6) is -0.785. The fourth-order valence-electron chi connectivity index (χ4n) is 1.33. The third-order valence-electron chi connectivity index (χ3n) is 2.18. The van der Waals surface area contributed by atoms with E-state index in [-0.39, 0.29) is 10.6 Å². The molecule has 18 heavy (non-hydrogen) atoms. The SMILES string of the molecule is O=C(O)c1ccnc(NCc2cccnn2)c1Cl. The molecule has 0 aliphatic heterocycles. The zero-order chi connectivity index (χ0) is 13.0. The highest BCUT2D eigenvalue weighted by Crippen LogP contribution is 2.23. The molecule has 6 nitrogen and oxygen atoms in total. The van der Waals surface area contributed by atoms with E-state index in [1.807, 2.05) is 0 Å². The van der Waals surface area contributed by atoms with Crippen molar-refractivity contribution in [3.05, 3.63) is 46.9 Å². The lowest BCUT2D eigenvalue weighted by atomic mass is 10.2. The van der Waals surface area contributed by atoms with Gasteiger partial charge in [0.15, 0.2) is 0 Å². The van der Waals surface area contributed by atoms with E-state index in [0.29, 0.717) is 18.1 Å². The molecule has 0 aliphatic carbocycles. The van der Waals surface area contributed by atoms with Crippen LogP contribution in [0.15, 0.2) is 30.6 Å². The molecule has 0 bridgehead atoms. The minimum atomic E-state index is -1.09. The number of hydrogen-bond donors (Lipinski definition) is 2. The Labute approximate surface area is 108 Å². The molecule has 2 rings (SSSR count). The second-order valence-corrected chi connectivity index (χ2v) is 3.77. The molecule has 92 valence electrons. The lowest BCUT2D eigenvalue weighted by Crippen LogP contribution is -2.07. The standard InChI is InChI=1S/C11H9ClN4O2/c12-9-8(11(17)18)3-5-13-10(9)14-6-7-2-1-4-15-16-7/h1-5H,6H2,(H,13,14)(H,17,18). The molecule has 0 atom stereocenters. The number of aromatic nitrogens is 3. The summed E-state index contributed by atoms with van der Waals surface area (Å²) in [5.41, 5.74) is 0.712. The van der Waals surface area contributed by atoms with Gasteiger partial charge in [-0.1, -0.05) is 11.6 Å². The smallest absolute Gasteiger partial charge is 0.337 e. The zero-order valence-corrected chi connectivity index (χ0v) is 9.92. The molecule has 0 unspecified atom stereocenters. The third kappa shape index (κ3) is 2.72. The molecular weight excluding hydrogens is 256 g/mol. The number of carbonyl (C=O) groups is 1. The highest BCUT2D eigenvalue weighted by Gasteiger charge is 2.12. The number of carboxylic acids is 1.